The summed E-state index contributed by atoms with van der Waals surface area (Å²) >= 11 is 0. The molecule has 86 valence electrons. The summed E-state index contributed by atoms with van der Waals surface area (Å²) in [4.78, 5) is 15.6. The van der Waals surface area contributed by atoms with E-state index in [1.54, 1.807) is 19.0 Å². The number of carbonyl (C=O) groups excluding carboxylic acids is 1. The molecule has 1 saturated heterocycles. The van der Waals surface area contributed by atoms with Crippen LogP contribution < -0.4 is 5.32 Å². The van der Waals surface area contributed by atoms with Gasteiger partial charge in [-0.2, -0.15) is 0 Å². The minimum Gasteiger partial charge on any atom is -0.348 e. The SMILES string of the molecule is CN(C)C(=O)CNC1CCN(C2CC2)C1. The van der Waals surface area contributed by atoms with Gasteiger partial charge in [-0.25, -0.2) is 0 Å². The highest BCUT2D eigenvalue weighted by Crippen LogP contribution is 2.29. The summed E-state index contributed by atoms with van der Waals surface area (Å²) in [6.07, 6.45) is 3.95. The summed E-state index contributed by atoms with van der Waals surface area (Å²) in [7, 11) is 3.60. The zero-order chi connectivity index (χ0) is 10.8. The molecule has 2 rings (SSSR count). The summed E-state index contributed by atoms with van der Waals surface area (Å²) in [5.74, 6) is 0.167. The summed E-state index contributed by atoms with van der Waals surface area (Å²) in [6, 6.07) is 1.39. The van der Waals surface area contributed by atoms with Gasteiger partial charge >= 0.3 is 0 Å². The third-order valence-corrected chi connectivity index (χ3v) is 3.32. The molecule has 1 atom stereocenters. The Balaban J connectivity index is 1.66. The number of likely N-dealkylation sites (tertiary alicyclic amines) is 1. The molecule has 1 aliphatic carbocycles. The maximum absolute atomic E-state index is 11.4. The van der Waals surface area contributed by atoms with E-state index >= 15 is 0 Å². The molecular weight excluding hydrogens is 190 g/mol. The summed E-state index contributed by atoms with van der Waals surface area (Å²) in [6.45, 7) is 2.82. The lowest BCUT2D eigenvalue weighted by molar-refractivity contribution is -0.127. The van der Waals surface area contributed by atoms with Crippen LogP contribution in [-0.4, -0.2) is 61.5 Å². The van der Waals surface area contributed by atoms with Crippen LogP contribution in [0.1, 0.15) is 19.3 Å². The van der Waals surface area contributed by atoms with Crippen molar-refractivity contribution in [2.75, 3.05) is 33.7 Å². The Labute approximate surface area is 91.6 Å². The van der Waals surface area contributed by atoms with E-state index in [0.717, 1.165) is 12.6 Å². The van der Waals surface area contributed by atoms with Crippen LogP contribution in [0.3, 0.4) is 0 Å². The second-order valence-corrected chi connectivity index (χ2v) is 4.88. The van der Waals surface area contributed by atoms with Crippen LogP contribution in [0, 0.1) is 0 Å². The number of nitrogens with zero attached hydrogens (tertiary/aromatic N) is 2. The number of likely N-dealkylation sites (N-methyl/N-ethyl adjacent to an activating group) is 1. The summed E-state index contributed by atoms with van der Waals surface area (Å²) in [5, 5.41) is 3.34. The van der Waals surface area contributed by atoms with Crippen molar-refractivity contribution < 1.29 is 4.79 Å². The van der Waals surface area contributed by atoms with E-state index in [1.165, 1.54) is 25.8 Å². The number of rotatable bonds is 4. The maximum Gasteiger partial charge on any atom is 0.236 e. The van der Waals surface area contributed by atoms with E-state index in [4.69, 9.17) is 0 Å². The van der Waals surface area contributed by atoms with Crippen LogP contribution in [0.5, 0.6) is 0 Å². The van der Waals surface area contributed by atoms with Crippen LogP contribution in [0.25, 0.3) is 0 Å². The number of nitrogens with one attached hydrogen (secondary N) is 1. The van der Waals surface area contributed by atoms with E-state index in [-0.39, 0.29) is 5.91 Å². The molecule has 1 heterocycles. The molecule has 1 aliphatic heterocycles. The van der Waals surface area contributed by atoms with Gasteiger partial charge in [0.15, 0.2) is 0 Å². The van der Waals surface area contributed by atoms with Gasteiger partial charge in [0.1, 0.15) is 0 Å². The second-order valence-electron chi connectivity index (χ2n) is 4.88. The fraction of sp³-hybridized carbons (Fsp3) is 0.909. The zero-order valence-electron chi connectivity index (χ0n) is 9.70. The van der Waals surface area contributed by atoms with Gasteiger partial charge in [0.2, 0.25) is 5.91 Å². The molecular formula is C11H21N3O. The molecule has 4 nitrogen and oxygen atoms in total. The van der Waals surface area contributed by atoms with Crippen molar-refractivity contribution in [1.82, 2.24) is 15.1 Å². The van der Waals surface area contributed by atoms with Gasteiger partial charge in [-0.05, 0) is 19.3 Å². The molecule has 0 aromatic carbocycles. The van der Waals surface area contributed by atoms with Crippen molar-refractivity contribution in [2.45, 2.75) is 31.3 Å². The monoisotopic (exact) mass is 211 g/mol. The summed E-state index contributed by atoms with van der Waals surface area (Å²) < 4.78 is 0. The number of hydrogen-bond donors (Lipinski definition) is 1. The molecule has 0 radical (unpaired) electrons. The fourth-order valence-electron chi connectivity index (χ4n) is 2.12. The first kappa shape index (κ1) is 10.9. The van der Waals surface area contributed by atoms with Crippen LogP contribution in [0.4, 0.5) is 0 Å². The third kappa shape index (κ3) is 2.92. The highest BCUT2D eigenvalue weighted by atomic mass is 16.2. The Bertz CT molecular complexity index is 238. The Morgan fingerprint density at radius 3 is 2.73 bits per heavy atom. The highest BCUT2D eigenvalue weighted by molar-refractivity contribution is 5.77. The predicted molar refractivity (Wildman–Crippen MR) is 59.7 cm³/mol. The summed E-state index contributed by atoms with van der Waals surface area (Å²) in [5.41, 5.74) is 0. The van der Waals surface area contributed by atoms with Gasteiger partial charge in [0, 0.05) is 39.3 Å². The first-order valence-electron chi connectivity index (χ1n) is 5.84. The van der Waals surface area contributed by atoms with Gasteiger partial charge in [-0.15, -0.1) is 0 Å². The lowest BCUT2D eigenvalue weighted by Crippen LogP contribution is -2.40. The molecule has 0 aromatic rings. The van der Waals surface area contributed by atoms with E-state index < -0.39 is 0 Å². The van der Waals surface area contributed by atoms with E-state index in [2.05, 4.69) is 10.2 Å². The third-order valence-electron chi connectivity index (χ3n) is 3.32. The molecule has 0 spiro atoms. The van der Waals surface area contributed by atoms with Gasteiger partial charge in [0.25, 0.3) is 0 Å². The predicted octanol–water partition coefficient (Wildman–Crippen LogP) is -0.0991. The van der Waals surface area contributed by atoms with E-state index in [9.17, 15) is 4.79 Å². The van der Waals surface area contributed by atoms with Crippen molar-refractivity contribution in [3.8, 4) is 0 Å². The normalized spacial score (nSPS) is 26.9. The quantitative estimate of drug-likeness (QED) is 0.705. The lowest BCUT2D eigenvalue weighted by atomic mass is 10.2. The Morgan fingerprint density at radius 1 is 1.40 bits per heavy atom. The van der Waals surface area contributed by atoms with Crippen molar-refractivity contribution in [1.29, 1.82) is 0 Å². The zero-order valence-corrected chi connectivity index (χ0v) is 9.70. The minimum atomic E-state index is 0.167. The van der Waals surface area contributed by atoms with Crippen LogP contribution in [0.2, 0.25) is 0 Å². The molecule has 1 amide bonds. The Kier molecular flexibility index (Phi) is 3.26. The topological polar surface area (TPSA) is 35.6 Å². The fourth-order valence-corrected chi connectivity index (χ4v) is 2.12. The van der Waals surface area contributed by atoms with Gasteiger partial charge < -0.3 is 10.2 Å². The van der Waals surface area contributed by atoms with Crippen LogP contribution >= 0.6 is 0 Å². The standard InChI is InChI=1S/C11H21N3O/c1-13(2)11(15)7-12-9-5-6-14(8-9)10-3-4-10/h9-10,12H,3-8H2,1-2H3. The molecule has 1 N–H and O–H groups in total. The van der Waals surface area contributed by atoms with Crippen molar-refractivity contribution >= 4 is 5.91 Å². The number of hydrogen-bond acceptors (Lipinski definition) is 3. The average Bonchev–Trinajstić information content (AvgIpc) is 2.95. The van der Waals surface area contributed by atoms with Crippen molar-refractivity contribution in [2.24, 2.45) is 0 Å². The van der Waals surface area contributed by atoms with Gasteiger partial charge in [0.05, 0.1) is 6.54 Å². The lowest BCUT2D eigenvalue weighted by Gasteiger charge is -2.16. The second kappa shape index (κ2) is 4.49. The van der Waals surface area contributed by atoms with Crippen molar-refractivity contribution in [3.05, 3.63) is 0 Å². The first-order chi connectivity index (χ1) is 7.16. The van der Waals surface area contributed by atoms with E-state index in [0.29, 0.717) is 12.6 Å². The van der Waals surface area contributed by atoms with Crippen LogP contribution in [0.15, 0.2) is 0 Å². The molecule has 0 bridgehead atoms. The van der Waals surface area contributed by atoms with Crippen molar-refractivity contribution in [3.63, 3.8) is 0 Å². The molecule has 15 heavy (non-hydrogen) atoms. The Hall–Kier alpha value is -0.610. The molecule has 4 heteroatoms. The molecule has 2 aliphatic rings. The first-order valence-corrected chi connectivity index (χ1v) is 5.84. The van der Waals surface area contributed by atoms with Crippen LogP contribution in [-0.2, 0) is 4.79 Å². The van der Waals surface area contributed by atoms with Gasteiger partial charge in [-0.3, -0.25) is 9.69 Å². The van der Waals surface area contributed by atoms with Gasteiger partial charge in [-0.1, -0.05) is 0 Å². The Morgan fingerprint density at radius 2 is 2.13 bits per heavy atom. The number of amides is 1. The molecule has 0 aromatic heterocycles. The molecule has 1 saturated carbocycles. The minimum absolute atomic E-state index is 0.167. The maximum atomic E-state index is 11.4. The average molecular weight is 211 g/mol. The van der Waals surface area contributed by atoms with E-state index in [1.807, 2.05) is 0 Å². The smallest absolute Gasteiger partial charge is 0.236 e. The highest BCUT2D eigenvalue weighted by Gasteiger charge is 2.34. The molecule has 1 unspecified atom stereocenters. The molecule has 2 fully saturated rings. The number of carbonyl (C=O) groups is 1. The largest absolute Gasteiger partial charge is 0.348 e.